The van der Waals surface area contributed by atoms with E-state index in [0.717, 1.165) is 14.6 Å². The number of aliphatic carboxylic acids is 2. The van der Waals surface area contributed by atoms with Gasteiger partial charge in [0, 0.05) is 23.3 Å². The Balaban J connectivity index is 1.66. The van der Waals surface area contributed by atoms with E-state index in [0.29, 0.717) is 5.56 Å². The first-order valence-corrected chi connectivity index (χ1v) is 11.0. The molecule has 0 radical (unpaired) electrons. The first-order chi connectivity index (χ1) is 14.4. The van der Waals surface area contributed by atoms with Gasteiger partial charge in [0.05, 0.1) is 16.6 Å². The molecule has 2 N–H and O–H groups in total. The molecule has 9 heteroatoms. The van der Waals surface area contributed by atoms with E-state index in [-0.39, 0.29) is 13.0 Å². The standard InChI is InChI=1S/C21H18N2O5S2/c24-17(25)10-13-16(30-21-22-14-8-4-5-9-15(14)29-21)11-23(18(13)20(27)28)19(26)12-6-2-1-3-7-12/h1-9,13,16,18H,10-11H2,(H,24,25)(H,27,28)/t13-,16-,18-/m0/s1. The van der Waals surface area contributed by atoms with Gasteiger partial charge in [-0.1, -0.05) is 42.1 Å². The van der Waals surface area contributed by atoms with Crippen LogP contribution in [0.5, 0.6) is 0 Å². The SMILES string of the molecule is O=C(O)C[C@H]1[C@@H](Sc2nc3ccccc3s2)CN(C(=O)c2ccccc2)[C@@H]1C(=O)O. The Hall–Kier alpha value is -2.91. The van der Waals surface area contributed by atoms with Crippen LogP contribution in [0, 0.1) is 5.92 Å². The molecule has 1 fully saturated rings. The van der Waals surface area contributed by atoms with E-state index in [1.165, 1.54) is 28.0 Å². The van der Waals surface area contributed by atoms with Crippen molar-refractivity contribution < 1.29 is 24.6 Å². The van der Waals surface area contributed by atoms with E-state index >= 15 is 0 Å². The van der Waals surface area contributed by atoms with Crippen LogP contribution in [-0.4, -0.2) is 55.8 Å². The van der Waals surface area contributed by atoms with Crippen molar-refractivity contribution in [3.05, 3.63) is 60.2 Å². The van der Waals surface area contributed by atoms with Gasteiger partial charge >= 0.3 is 11.9 Å². The number of thioether (sulfide) groups is 1. The molecular weight excluding hydrogens is 424 g/mol. The highest BCUT2D eigenvalue weighted by atomic mass is 32.2. The summed E-state index contributed by atoms with van der Waals surface area (Å²) in [5.41, 5.74) is 1.22. The number of carboxylic acid groups (broad SMARTS) is 2. The van der Waals surface area contributed by atoms with Crippen molar-refractivity contribution in [3.63, 3.8) is 0 Å². The fourth-order valence-electron chi connectivity index (χ4n) is 3.75. The van der Waals surface area contributed by atoms with Gasteiger partial charge in [0.1, 0.15) is 6.04 Å². The highest BCUT2D eigenvalue weighted by Crippen LogP contribution is 2.42. The fourth-order valence-corrected chi connectivity index (χ4v) is 6.34. The number of carbonyl (C=O) groups excluding carboxylic acids is 1. The molecule has 30 heavy (non-hydrogen) atoms. The third-order valence-corrected chi connectivity index (χ3v) is 7.53. The number of benzene rings is 2. The van der Waals surface area contributed by atoms with Gasteiger partial charge < -0.3 is 15.1 Å². The lowest BCUT2D eigenvalue weighted by Crippen LogP contribution is -2.43. The van der Waals surface area contributed by atoms with E-state index in [1.54, 1.807) is 30.3 Å². The first-order valence-electron chi connectivity index (χ1n) is 9.27. The normalized spacial score (nSPS) is 21.1. The van der Waals surface area contributed by atoms with E-state index in [4.69, 9.17) is 0 Å². The second kappa shape index (κ2) is 8.45. The minimum Gasteiger partial charge on any atom is -0.481 e. The molecule has 0 saturated carbocycles. The summed E-state index contributed by atoms with van der Waals surface area (Å²) >= 11 is 2.83. The van der Waals surface area contributed by atoms with Crippen molar-refractivity contribution >= 4 is 51.2 Å². The zero-order chi connectivity index (χ0) is 21.3. The van der Waals surface area contributed by atoms with Crippen LogP contribution < -0.4 is 0 Å². The highest BCUT2D eigenvalue weighted by molar-refractivity contribution is 8.01. The fraction of sp³-hybridized carbons (Fsp3) is 0.238. The molecule has 4 rings (SSSR count). The Morgan fingerprint density at radius 2 is 1.77 bits per heavy atom. The number of thiazole rings is 1. The summed E-state index contributed by atoms with van der Waals surface area (Å²) in [5, 5.41) is 18.9. The van der Waals surface area contributed by atoms with E-state index in [1.807, 2.05) is 24.3 Å². The van der Waals surface area contributed by atoms with Gasteiger partial charge in [-0.05, 0) is 24.3 Å². The lowest BCUT2D eigenvalue weighted by Gasteiger charge is -2.24. The van der Waals surface area contributed by atoms with E-state index in [2.05, 4.69) is 4.98 Å². The Kier molecular flexibility index (Phi) is 5.74. The quantitative estimate of drug-likeness (QED) is 0.602. The monoisotopic (exact) mass is 442 g/mol. The van der Waals surface area contributed by atoms with Gasteiger partial charge in [0.25, 0.3) is 5.91 Å². The average molecular weight is 443 g/mol. The van der Waals surface area contributed by atoms with Crippen LogP contribution in [-0.2, 0) is 9.59 Å². The maximum atomic E-state index is 13.0. The van der Waals surface area contributed by atoms with Crippen molar-refractivity contribution in [2.75, 3.05) is 6.54 Å². The number of aromatic nitrogens is 1. The Bertz CT molecular complexity index is 1070. The number of para-hydroxylation sites is 1. The predicted octanol–water partition coefficient (Wildman–Crippen LogP) is 3.46. The molecule has 7 nitrogen and oxygen atoms in total. The molecule has 0 unspecified atom stereocenters. The second-order valence-corrected chi connectivity index (χ2v) is 9.49. The molecule has 1 saturated heterocycles. The third-order valence-electron chi connectivity index (χ3n) is 5.07. The van der Waals surface area contributed by atoms with Crippen LogP contribution >= 0.6 is 23.1 Å². The minimum atomic E-state index is -1.21. The summed E-state index contributed by atoms with van der Waals surface area (Å²) in [6.45, 7) is 0.142. The molecule has 1 amide bonds. The third kappa shape index (κ3) is 4.03. The molecule has 154 valence electrons. The van der Waals surface area contributed by atoms with Crippen LogP contribution in [0.3, 0.4) is 0 Å². The number of likely N-dealkylation sites (tertiary alicyclic amines) is 1. The van der Waals surface area contributed by atoms with Crippen LogP contribution in [0.4, 0.5) is 0 Å². The van der Waals surface area contributed by atoms with Gasteiger partial charge in [-0.3, -0.25) is 9.59 Å². The van der Waals surface area contributed by atoms with Crippen LogP contribution in [0.15, 0.2) is 58.9 Å². The molecule has 0 spiro atoms. The minimum absolute atomic E-state index is 0.142. The van der Waals surface area contributed by atoms with Crippen molar-refractivity contribution in [1.82, 2.24) is 9.88 Å². The van der Waals surface area contributed by atoms with Gasteiger partial charge in [-0.15, -0.1) is 11.3 Å². The number of carbonyl (C=O) groups is 3. The molecule has 2 aromatic carbocycles. The van der Waals surface area contributed by atoms with Crippen molar-refractivity contribution in [1.29, 1.82) is 0 Å². The lowest BCUT2D eigenvalue weighted by molar-refractivity contribution is -0.144. The summed E-state index contributed by atoms with van der Waals surface area (Å²) < 4.78 is 1.73. The first kappa shape index (κ1) is 20.4. The molecule has 2 heterocycles. The Labute approximate surface area is 180 Å². The molecular formula is C21H18N2O5S2. The smallest absolute Gasteiger partial charge is 0.326 e. The summed E-state index contributed by atoms with van der Waals surface area (Å²) in [4.78, 5) is 42.4. The molecule has 3 aromatic rings. The maximum absolute atomic E-state index is 13.0. The number of fused-ring (bicyclic) bond motifs is 1. The topological polar surface area (TPSA) is 108 Å². The van der Waals surface area contributed by atoms with Gasteiger partial charge in [-0.25, -0.2) is 9.78 Å². The number of nitrogens with zero attached hydrogens (tertiary/aromatic N) is 2. The number of hydrogen-bond donors (Lipinski definition) is 2. The van der Waals surface area contributed by atoms with Crippen LogP contribution in [0.2, 0.25) is 0 Å². The summed E-state index contributed by atoms with van der Waals surface area (Å²) in [5.74, 6) is -3.43. The summed E-state index contributed by atoms with van der Waals surface area (Å²) in [7, 11) is 0. The maximum Gasteiger partial charge on any atom is 0.326 e. The number of amides is 1. The van der Waals surface area contributed by atoms with Gasteiger partial charge in [0.15, 0.2) is 4.34 Å². The van der Waals surface area contributed by atoms with E-state index < -0.39 is 35.1 Å². The van der Waals surface area contributed by atoms with Crippen LogP contribution in [0.25, 0.3) is 10.2 Å². The largest absolute Gasteiger partial charge is 0.481 e. The van der Waals surface area contributed by atoms with Crippen molar-refractivity contribution in [3.8, 4) is 0 Å². The molecule has 1 aromatic heterocycles. The van der Waals surface area contributed by atoms with Crippen molar-refractivity contribution in [2.45, 2.75) is 22.1 Å². The number of rotatable bonds is 6. The highest BCUT2D eigenvalue weighted by Gasteiger charge is 2.49. The zero-order valence-corrected chi connectivity index (χ0v) is 17.3. The molecule has 0 aliphatic carbocycles. The molecule has 1 aliphatic rings. The van der Waals surface area contributed by atoms with Gasteiger partial charge in [-0.2, -0.15) is 0 Å². The zero-order valence-electron chi connectivity index (χ0n) is 15.7. The Morgan fingerprint density at radius 1 is 1.07 bits per heavy atom. The van der Waals surface area contributed by atoms with Crippen LogP contribution in [0.1, 0.15) is 16.8 Å². The molecule has 1 aliphatic heterocycles. The van der Waals surface area contributed by atoms with E-state index in [9.17, 15) is 24.6 Å². The number of hydrogen-bond acceptors (Lipinski definition) is 6. The van der Waals surface area contributed by atoms with Gasteiger partial charge in [0.2, 0.25) is 0 Å². The summed E-state index contributed by atoms with van der Waals surface area (Å²) in [6.07, 6.45) is -0.335. The predicted molar refractivity (Wildman–Crippen MR) is 114 cm³/mol. The molecule has 3 atom stereocenters. The van der Waals surface area contributed by atoms with Crippen molar-refractivity contribution in [2.24, 2.45) is 5.92 Å². The summed E-state index contributed by atoms with van der Waals surface area (Å²) in [6, 6.07) is 14.9. The Morgan fingerprint density at radius 3 is 2.43 bits per heavy atom. The second-order valence-electron chi connectivity index (χ2n) is 6.97. The lowest BCUT2D eigenvalue weighted by atomic mass is 9.96. The molecule has 0 bridgehead atoms. The average Bonchev–Trinajstić information content (AvgIpc) is 3.29. The number of carboxylic acids is 2.